The molecule has 1 fully saturated rings. The van der Waals surface area contributed by atoms with Crippen LogP contribution in [-0.2, 0) is 0 Å². The molecule has 0 radical (unpaired) electrons. The molecule has 0 bridgehead atoms. The van der Waals surface area contributed by atoms with Crippen molar-refractivity contribution in [2.45, 2.75) is 45.6 Å². The maximum Gasteiger partial charge on any atom is 0.257 e. The molecule has 1 aliphatic heterocycles. The Balaban J connectivity index is 2.49. The minimum Gasteiger partial charge on any atom is -0.294 e. The van der Waals surface area contributed by atoms with Crippen LogP contribution in [0.15, 0.2) is 0 Å². The minimum absolute atomic E-state index is 0.0736. The molecule has 1 unspecified atom stereocenters. The van der Waals surface area contributed by atoms with Gasteiger partial charge in [-0.2, -0.15) is 0 Å². The molecule has 0 spiro atoms. The van der Waals surface area contributed by atoms with E-state index in [2.05, 4.69) is 13.8 Å². The van der Waals surface area contributed by atoms with E-state index >= 15 is 0 Å². The van der Waals surface area contributed by atoms with E-state index in [0.29, 0.717) is 12.0 Å². The fraction of sp³-hybridized carbons (Fsp3) is 1.00. The summed E-state index contributed by atoms with van der Waals surface area (Å²) in [5, 5.41) is 0. The van der Waals surface area contributed by atoms with Gasteiger partial charge in [-0.05, 0) is 25.3 Å². The van der Waals surface area contributed by atoms with Crippen LogP contribution < -0.4 is 0 Å². The summed E-state index contributed by atoms with van der Waals surface area (Å²) in [6, 6.07) is 0.367. The summed E-state index contributed by atoms with van der Waals surface area (Å²) in [7, 11) is 0. The SMILES string of the molecule is CC(C)C1CCCN1CC(C)(F)F. The van der Waals surface area contributed by atoms with E-state index in [0.717, 1.165) is 26.3 Å². The largest absolute Gasteiger partial charge is 0.294 e. The highest BCUT2D eigenvalue weighted by Gasteiger charge is 2.33. The minimum atomic E-state index is -2.54. The lowest BCUT2D eigenvalue weighted by atomic mass is 10.0. The molecule has 13 heavy (non-hydrogen) atoms. The molecule has 1 atom stereocenters. The summed E-state index contributed by atoms with van der Waals surface area (Å²) in [6.45, 7) is 5.98. The van der Waals surface area contributed by atoms with E-state index in [-0.39, 0.29) is 6.54 Å². The van der Waals surface area contributed by atoms with Crippen LogP contribution in [0.4, 0.5) is 8.78 Å². The molecule has 0 saturated carbocycles. The number of alkyl halides is 2. The van der Waals surface area contributed by atoms with Gasteiger partial charge in [0, 0.05) is 13.0 Å². The van der Waals surface area contributed by atoms with Crippen molar-refractivity contribution in [2.75, 3.05) is 13.1 Å². The lowest BCUT2D eigenvalue weighted by Crippen LogP contribution is -2.40. The van der Waals surface area contributed by atoms with Crippen molar-refractivity contribution in [3.8, 4) is 0 Å². The van der Waals surface area contributed by atoms with Crippen LogP contribution in [0.1, 0.15) is 33.6 Å². The Bertz CT molecular complexity index is 163. The number of likely N-dealkylation sites (tertiary alicyclic amines) is 1. The summed E-state index contributed by atoms with van der Waals surface area (Å²) in [6.07, 6.45) is 2.15. The van der Waals surface area contributed by atoms with Crippen molar-refractivity contribution in [1.29, 1.82) is 0 Å². The summed E-state index contributed by atoms with van der Waals surface area (Å²) < 4.78 is 25.5. The summed E-state index contributed by atoms with van der Waals surface area (Å²) in [4.78, 5) is 1.94. The zero-order chi connectivity index (χ0) is 10.1. The van der Waals surface area contributed by atoms with Crippen LogP contribution in [0.3, 0.4) is 0 Å². The normalized spacial score (nSPS) is 25.8. The Morgan fingerprint density at radius 3 is 2.54 bits per heavy atom. The third-order valence-electron chi connectivity index (χ3n) is 2.66. The van der Waals surface area contributed by atoms with Gasteiger partial charge >= 0.3 is 0 Å². The molecule has 0 N–H and O–H groups in total. The lowest BCUT2D eigenvalue weighted by molar-refractivity contribution is -0.0218. The zero-order valence-electron chi connectivity index (χ0n) is 8.69. The zero-order valence-corrected chi connectivity index (χ0v) is 8.69. The molecule has 0 aromatic carbocycles. The number of hydrogen-bond acceptors (Lipinski definition) is 1. The third kappa shape index (κ3) is 3.22. The number of hydrogen-bond donors (Lipinski definition) is 0. The van der Waals surface area contributed by atoms with Gasteiger partial charge in [-0.25, -0.2) is 8.78 Å². The van der Waals surface area contributed by atoms with E-state index in [9.17, 15) is 8.78 Å². The van der Waals surface area contributed by atoms with Gasteiger partial charge in [0.2, 0.25) is 0 Å². The number of nitrogens with zero attached hydrogens (tertiary/aromatic N) is 1. The first-order chi connectivity index (χ1) is 5.90. The summed E-state index contributed by atoms with van der Waals surface area (Å²) in [5.41, 5.74) is 0. The third-order valence-corrected chi connectivity index (χ3v) is 2.66. The second-order valence-electron chi connectivity index (χ2n) is 4.49. The monoisotopic (exact) mass is 191 g/mol. The van der Waals surface area contributed by atoms with Crippen LogP contribution >= 0.6 is 0 Å². The first-order valence-electron chi connectivity index (χ1n) is 5.02. The van der Waals surface area contributed by atoms with Gasteiger partial charge in [-0.1, -0.05) is 13.8 Å². The topological polar surface area (TPSA) is 3.24 Å². The van der Waals surface area contributed by atoms with Crippen LogP contribution in [0.5, 0.6) is 0 Å². The van der Waals surface area contributed by atoms with Crippen molar-refractivity contribution in [3.05, 3.63) is 0 Å². The van der Waals surface area contributed by atoms with Crippen molar-refractivity contribution in [2.24, 2.45) is 5.92 Å². The van der Waals surface area contributed by atoms with E-state index in [1.54, 1.807) is 0 Å². The second-order valence-corrected chi connectivity index (χ2v) is 4.49. The molecule has 78 valence electrons. The van der Waals surface area contributed by atoms with Gasteiger partial charge in [-0.3, -0.25) is 4.90 Å². The second kappa shape index (κ2) is 3.91. The first-order valence-corrected chi connectivity index (χ1v) is 5.02. The van der Waals surface area contributed by atoms with Crippen LogP contribution in [-0.4, -0.2) is 30.0 Å². The Labute approximate surface area is 79.1 Å². The molecule has 1 aliphatic rings. The highest BCUT2D eigenvalue weighted by atomic mass is 19.3. The Morgan fingerprint density at radius 1 is 1.46 bits per heavy atom. The summed E-state index contributed by atoms with van der Waals surface area (Å²) in [5.74, 6) is -2.05. The summed E-state index contributed by atoms with van der Waals surface area (Å²) >= 11 is 0. The van der Waals surface area contributed by atoms with Gasteiger partial charge in [0.15, 0.2) is 0 Å². The average molecular weight is 191 g/mol. The van der Waals surface area contributed by atoms with Crippen molar-refractivity contribution in [1.82, 2.24) is 4.90 Å². The van der Waals surface area contributed by atoms with Crippen LogP contribution in [0, 0.1) is 5.92 Å². The van der Waals surface area contributed by atoms with Crippen LogP contribution in [0.2, 0.25) is 0 Å². The first kappa shape index (κ1) is 10.9. The Morgan fingerprint density at radius 2 is 2.08 bits per heavy atom. The van der Waals surface area contributed by atoms with E-state index < -0.39 is 5.92 Å². The van der Waals surface area contributed by atoms with Gasteiger partial charge in [0.25, 0.3) is 5.92 Å². The van der Waals surface area contributed by atoms with Crippen LogP contribution in [0.25, 0.3) is 0 Å². The molecule has 1 saturated heterocycles. The molecule has 0 aromatic heterocycles. The smallest absolute Gasteiger partial charge is 0.257 e. The fourth-order valence-electron chi connectivity index (χ4n) is 2.16. The van der Waals surface area contributed by atoms with Crippen molar-refractivity contribution in [3.63, 3.8) is 0 Å². The maximum atomic E-state index is 12.8. The van der Waals surface area contributed by atoms with Crippen molar-refractivity contribution >= 4 is 0 Å². The highest BCUT2D eigenvalue weighted by molar-refractivity contribution is 4.83. The highest BCUT2D eigenvalue weighted by Crippen LogP contribution is 2.26. The molecule has 0 amide bonds. The predicted octanol–water partition coefficient (Wildman–Crippen LogP) is 2.76. The van der Waals surface area contributed by atoms with Gasteiger partial charge in [-0.15, -0.1) is 0 Å². The van der Waals surface area contributed by atoms with Gasteiger partial charge < -0.3 is 0 Å². The molecule has 0 aliphatic carbocycles. The molecule has 1 rings (SSSR count). The molecular weight excluding hydrogens is 172 g/mol. The Kier molecular flexibility index (Phi) is 3.28. The van der Waals surface area contributed by atoms with E-state index in [1.165, 1.54) is 0 Å². The molecule has 0 aromatic rings. The van der Waals surface area contributed by atoms with Gasteiger partial charge in [0.05, 0.1) is 6.54 Å². The predicted molar refractivity (Wildman–Crippen MR) is 50.1 cm³/mol. The lowest BCUT2D eigenvalue weighted by Gasteiger charge is -2.29. The van der Waals surface area contributed by atoms with E-state index in [4.69, 9.17) is 0 Å². The average Bonchev–Trinajstić information content (AvgIpc) is 2.31. The number of rotatable bonds is 3. The van der Waals surface area contributed by atoms with Gasteiger partial charge in [0.1, 0.15) is 0 Å². The molecule has 1 heterocycles. The standard InChI is InChI=1S/C10H19F2N/c1-8(2)9-5-4-6-13(9)7-10(3,11)12/h8-9H,4-7H2,1-3H3. The Hall–Kier alpha value is -0.180. The maximum absolute atomic E-state index is 12.8. The quantitative estimate of drug-likeness (QED) is 0.663. The van der Waals surface area contributed by atoms with E-state index in [1.807, 2.05) is 4.90 Å². The fourth-order valence-corrected chi connectivity index (χ4v) is 2.16. The number of halogens is 2. The molecular formula is C10H19F2N. The molecule has 3 heteroatoms. The molecule has 1 nitrogen and oxygen atoms in total. The van der Waals surface area contributed by atoms with Crippen molar-refractivity contribution < 1.29 is 8.78 Å².